The van der Waals surface area contributed by atoms with E-state index in [4.69, 9.17) is 0 Å². The highest BCUT2D eigenvalue weighted by Gasteiger charge is 2.08. The number of aromatic nitrogens is 2. The van der Waals surface area contributed by atoms with Gasteiger partial charge >= 0.3 is 0 Å². The van der Waals surface area contributed by atoms with Crippen molar-refractivity contribution in [1.29, 1.82) is 0 Å². The van der Waals surface area contributed by atoms with Gasteiger partial charge in [-0.1, -0.05) is 48.5 Å². The van der Waals surface area contributed by atoms with Gasteiger partial charge in [0, 0.05) is 5.56 Å². The molecule has 2 aromatic carbocycles. The molecule has 0 spiro atoms. The van der Waals surface area contributed by atoms with Crippen molar-refractivity contribution in [2.24, 2.45) is 0 Å². The Balaban J connectivity index is 1.77. The van der Waals surface area contributed by atoms with Gasteiger partial charge in [-0.05, 0) is 17.7 Å². The molecule has 0 aliphatic carbocycles. The zero-order valence-corrected chi connectivity index (χ0v) is 10.7. The number of nitrogens with one attached hydrogen (secondary N) is 2. The first kappa shape index (κ1) is 12.2. The van der Waals surface area contributed by atoms with E-state index in [1.807, 2.05) is 48.5 Å². The molecule has 0 aliphatic rings. The van der Waals surface area contributed by atoms with E-state index >= 15 is 0 Å². The minimum atomic E-state index is -0.181. The predicted molar refractivity (Wildman–Crippen MR) is 78.4 cm³/mol. The van der Waals surface area contributed by atoms with Gasteiger partial charge in [-0.15, -0.1) is 0 Å². The number of rotatable bonds is 3. The van der Waals surface area contributed by atoms with Gasteiger partial charge in [0.25, 0.3) is 5.91 Å². The normalized spacial score (nSPS) is 10.2. The summed E-state index contributed by atoms with van der Waals surface area (Å²) in [5.41, 5.74) is 2.50. The topological polar surface area (TPSA) is 57.8 Å². The van der Waals surface area contributed by atoms with E-state index < -0.39 is 0 Å². The van der Waals surface area contributed by atoms with Gasteiger partial charge < -0.3 is 4.98 Å². The van der Waals surface area contributed by atoms with Crippen LogP contribution in [0.3, 0.4) is 0 Å². The smallest absolute Gasteiger partial charge is 0.257 e. The van der Waals surface area contributed by atoms with Crippen LogP contribution in [-0.2, 0) is 0 Å². The van der Waals surface area contributed by atoms with Gasteiger partial charge in [0.2, 0.25) is 5.95 Å². The molecule has 98 valence electrons. The molecule has 1 heterocycles. The molecule has 0 radical (unpaired) electrons. The fourth-order valence-corrected chi connectivity index (χ4v) is 1.92. The van der Waals surface area contributed by atoms with Crippen molar-refractivity contribution in [3.05, 3.63) is 72.4 Å². The number of aromatic amines is 1. The lowest BCUT2D eigenvalue weighted by Crippen LogP contribution is -2.12. The number of imidazole rings is 1. The van der Waals surface area contributed by atoms with E-state index in [0.717, 1.165) is 11.3 Å². The lowest BCUT2D eigenvalue weighted by molar-refractivity contribution is 0.102. The van der Waals surface area contributed by atoms with Gasteiger partial charge in [-0.25, -0.2) is 4.98 Å². The summed E-state index contributed by atoms with van der Waals surface area (Å²) in [6, 6.07) is 18.9. The van der Waals surface area contributed by atoms with E-state index in [9.17, 15) is 4.79 Å². The van der Waals surface area contributed by atoms with Gasteiger partial charge in [-0.2, -0.15) is 0 Å². The van der Waals surface area contributed by atoms with Crippen molar-refractivity contribution in [2.45, 2.75) is 0 Å². The third-order valence-corrected chi connectivity index (χ3v) is 2.93. The van der Waals surface area contributed by atoms with Crippen LogP contribution in [0.4, 0.5) is 5.95 Å². The summed E-state index contributed by atoms with van der Waals surface area (Å²) in [7, 11) is 0. The molecular formula is C16H13N3O. The molecule has 3 aromatic rings. The lowest BCUT2D eigenvalue weighted by atomic mass is 10.2. The minimum Gasteiger partial charge on any atom is -0.324 e. The second kappa shape index (κ2) is 5.40. The summed E-state index contributed by atoms with van der Waals surface area (Å²) in [6.07, 6.45) is 1.70. The van der Waals surface area contributed by atoms with Crippen LogP contribution in [0.15, 0.2) is 66.9 Å². The fourth-order valence-electron chi connectivity index (χ4n) is 1.92. The number of hydrogen-bond donors (Lipinski definition) is 2. The van der Waals surface area contributed by atoms with Crippen LogP contribution >= 0.6 is 0 Å². The minimum absolute atomic E-state index is 0.181. The molecule has 1 amide bonds. The number of hydrogen-bond acceptors (Lipinski definition) is 2. The largest absolute Gasteiger partial charge is 0.324 e. The summed E-state index contributed by atoms with van der Waals surface area (Å²) in [6.45, 7) is 0. The number of nitrogens with zero attached hydrogens (tertiary/aromatic N) is 1. The van der Waals surface area contributed by atoms with Crippen LogP contribution in [0.1, 0.15) is 10.4 Å². The van der Waals surface area contributed by atoms with Crippen molar-refractivity contribution in [3.63, 3.8) is 0 Å². The molecule has 1 aromatic heterocycles. The third-order valence-electron chi connectivity index (χ3n) is 2.93. The average molecular weight is 263 g/mol. The predicted octanol–water partition coefficient (Wildman–Crippen LogP) is 3.33. The highest BCUT2D eigenvalue weighted by atomic mass is 16.1. The monoisotopic (exact) mass is 263 g/mol. The maximum Gasteiger partial charge on any atom is 0.257 e. The molecule has 4 heteroatoms. The fraction of sp³-hybridized carbons (Fsp3) is 0. The van der Waals surface area contributed by atoms with E-state index in [-0.39, 0.29) is 5.91 Å². The third kappa shape index (κ3) is 2.59. The number of amides is 1. The first-order valence-electron chi connectivity index (χ1n) is 6.30. The van der Waals surface area contributed by atoms with Crippen LogP contribution in [0.25, 0.3) is 11.3 Å². The number of carbonyl (C=O) groups excluding carboxylic acids is 1. The molecule has 0 aliphatic heterocycles. The Labute approximate surface area is 116 Å². The number of anilines is 1. The maximum atomic E-state index is 12.0. The molecule has 2 N–H and O–H groups in total. The van der Waals surface area contributed by atoms with Crippen LogP contribution in [-0.4, -0.2) is 15.9 Å². The first-order chi connectivity index (χ1) is 9.83. The SMILES string of the molecule is O=C(Nc1ncc(-c2ccccc2)[nH]1)c1ccccc1. The van der Waals surface area contributed by atoms with E-state index in [1.165, 1.54) is 0 Å². The van der Waals surface area contributed by atoms with Crippen LogP contribution in [0.5, 0.6) is 0 Å². The van der Waals surface area contributed by atoms with Gasteiger partial charge in [0.15, 0.2) is 0 Å². The summed E-state index contributed by atoms with van der Waals surface area (Å²) >= 11 is 0. The molecule has 0 atom stereocenters. The van der Waals surface area contributed by atoms with Crippen molar-refractivity contribution in [1.82, 2.24) is 9.97 Å². The Hall–Kier alpha value is -2.88. The maximum absolute atomic E-state index is 12.0. The van der Waals surface area contributed by atoms with Crippen LogP contribution in [0.2, 0.25) is 0 Å². The standard InChI is InChI=1S/C16H13N3O/c20-15(13-9-5-2-6-10-13)19-16-17-11-14(18-16)12-7-3-1-4-8-12/h1-11H,(H2,17,18,19,20). The molecule has 20 heavy (non-hydrogen) atoms. The van der Waals surface area contributed by atoms with E-state index in [1.54, 1.807) is 18.3 Å². The number of benzene rings is 2. The highest BCUT2D eigenvalue weighted by molar-refractivity contribution is 6.03. The van der Waals surface area contributed by atoms with E-state index in [2.05, 4.69) is 15.3 Å². The molecule has 0 fully saturated rings. The Bertz CT molecular complexity index is 705. The molecule has 0 saturated carbocycles. The number of carbonyl (C=O) groups is 1. The Morgan fingerprint density at radius 2 is 1.60 bits per heavy atom. The zero-order valence-electron chi connectivity index (χ0n) is 10.7. The molecule has 4 nitrogen and oxygen atoms in total. The second-order valence-corrected chi connectivity index (χ2v) is 4.33. The Morgan fingerprint density at radius 1 is 0.950 bits per heavy atom. The Kier molecular flexibility index (Phi) is 3.29. The number of H-pyrrole nitrogens is 1. The summed E-state index contributed by atoms with van der Waals surface area (Å²) in [5, 5.41) is 2.74. The quantitative estimate of drug-likeness (QED) is 0.761. The summed E-state index contributed by atoms with van der Waals surface area (Å²) in [5.74, 6) is 0.261. The average Bonchev–Trinajstić information content (AvgIpc) is 2.97. The molecule has 3 rings (SSSR count). The summed E-state index contributed by atoms with van der Waals surface area (Å²) in [4.78, 5) is 19.2. The highest BCUT2D eigenvalue weighted by Crippen LogP contribution is 2.18. The van der Waals surface area contributed by atoms with E-state index in [0.29, 0.717) is 11.5 Å². The molecule has 0 unspecified atom stereocenters. The van der Waals surface area contributed by atoms with Gasteiger partial charge in [-0.3, -0.25) is 10.1 Å². The van der Waals surface area contributed by atoms with Gasteiger partial charge in [0.05, 0.1) is 11.9 Å². The lowest BCUT2D eigenvalue weighted by Gasteiger charge is -2.01. The second-order valence-electron chi connectivity index (χ2n) is 4.33. The van der Waals surface area contributed by atoms with Crippen molar-refractivity contribution in [3.8, 4) is 11.3 Å². The molecule has 0 saturated heterocycles. The van der Waals surface area contributed by atoms with Crippen LogP contribution in [0, 0.1) is 0 Å². The van der Waals surface area contributed by atoms with Crippen molar-refractivity contribution in [2.75, 3.05) is 5.32 Å². The van der Waals surface area contributed by atoms with Crippen LogP contribution < -0.4 is 5.32 Å². The van der Waals surface area contributed by atoms with Gasteiger partial charge in [0.1, 0.15) is 0 Å². The first-order valence-corrected chi connectivity index (χ1v) is 6.30. The Morgan fingerprint density at radius 3 is 2.30 bits per heavy atom. The zero-order chi connectivity index (χ0) is 13.8. The van der Waals surface area contributed by atoms with Crippen molar-refractivity contribution >= 4 is 11.9 Å². The molecule has 0 bridgehead atoms. The summed E-state index contributed by atoms with van der Waals surface area (Å²) < 4.78 is 0. The molecular weight excluding hydrogens is 250 g/mol. The van der Waals surface area contributed by atoms with Crippen molar-refractivity contribution < 1.29 is 4.79 Å².